The number of hydrogen-bond acceptors (Lipinski definition) is 4. The quantitative estimate of drug-likeness (QED) is 0.864. The summed E-state index contributed by atoms with van der Waals surface area (Å²) in [7, 11) is 0. The third kappa shape index (κ3) is 2.24. The van der Waals surface area contributed by atoms with Crippen molar-refractivity contribution in [1.29, 1.82) is 0 Å². The summed E-state index contributed by atoms with van der Waals surface area (Å²) in [6.45, 7) is 2.50. The summed E-state index contributed by atoms with van der Waals surface area (Å²) >= 11 is 0. The average Bonchev–Trinajstić information content (AvgIpc) is 3.02. The van der Waals surface area contributed by atoms with Crippen LogP contribution in [0, 0.1) is 5.92 Å². The topological polar surface area (TPSA) is 96.5 Å². The van der Waals surface area contributed by atoms with Crippen molar-refractivity contribution >= 4 is 17.7 Å². The first-order valence-corrected chi connectivity index (χ1v) is 7.31. The number of nitrogens with zero attached hydrogens (tertiary/aromatic N) is 2. The SMILES string of the molecule is CC1CCN(c2nc3c(cc2C(N)=O)CCC3)C1C(=O)O. The zero-order valence-corrected chi connectivity index (χ0v) is 12.0. The van der Waals surface area contributed by atoms with Crippen LogP contribution in [0.2, 0.25) is 0 Å². The van der Waals surface area contributed by atoms with Crippen LogP contribution in [0.1, 0.15) is 41.4 Å². The monoisotopic (exact) mass is 289 g/mol. The van der Waals surface area contributed by atoms with Crippen molar-refractivity contribution in [3.05, 3.63) is 22.9 Å². The molecule has 3 N–H and O–H groups in total. The highest BCUT2D eigenvalue weighted by molar-refractivity contribution is 5.99. The lowest BCUT2D eigenvalue weighted by Gasteiger charge is -2.26. The Morgan fingerprint density at radius 2 is 2.19 bits per heavy atom. The summed E-state index contributed by atoms with van der Waals surface area (Å²) in [6, 6.07) is 1.16. The summed E-state index contributed by atoms with van der Waals surface area (Å²) < 4.78 is 0. The van der Waals surface area contributed by atoms with Crippen LogP contribution in [0.3, 0.4) is 0 Å². The predicted molar refractivity (Wildman–Crippen MR) is 77.3 cm³/mol. The number of carboxylic acids is 1. The fourth-order valence-corrected chi connectivity index (χ4v) is 3.42. The lowest BCUT2D eigenvalue weighted by molar-refractivity contribution is -0.139. The number of fused-ring (bicyclic) bond motifs is 1. The van der Waals surface area contributed by atoms with Gasteiger partial charge in [0.1, 0.15) is 11.9 Å². The van der Waals surface area contributed by atoms with Gasteiger partial charge in [0.25, 0.3) is 5.91 Å². The number of amides is 1. The van der Waals surface area contributed by atoms with Crippen molar-refractivity contribution < 1.29 is 14.7 Å². The van der Waals surface area contributed by atoms with Gasteiger partial charge in [0.05, 0.1) is 5.56 Å². The number of aryl methyl sites for hydroxylation is 2. The van der Waals surface area contributed by atoms with E-state index < -0.39 is 17.9 Å². The first-order valence-electron chi connectivity index (χ1n) is 7.31. The maximum atomic E-state index is 11.7. The van der Waals surface area contributed by atoms with Crippen molar-refractivity contribution in [2.45, 2.75) is 38.6 Å². The third-order valence-electron chi connectivity index (χ3n) is 4.52. The molecular formula is C15H19N3O3. The Labute approximate surface area is 123 Å². The number of pyridine rings is 1. The number of primary amides is 1. The van der Waals surface area contributed by atoms with Gasteiger partial charge < -0.3 is 15.7 Å². The molecule has 2 atom stereocenters. The van der Waals surface area contributed by atoms with Crippen LogP contribution in [0.4, 0.5) is 5.82 Å². The van der Waals surface area contributed by atoms with Gasteiger partial charge in [-0.1, -0.05) is 6.92 Å². The Morgan fingerprint density at radius 3 is 2.86 bits per heavy atom. The number of carboxylic acid groups (broad SMARTS) is 1. The zero-order chi connectivity index (χ0) is 15.1. The van der Waals surface area contributed by atoms with Crippen LogP contribution < -0.4 is 10.6 Å². The Bertz CT molecular complexity index is 614. The lowest BCUT2D eigenvalue weighted by atomic mass is 10.0. The van der Waals surface area contributed by atoms with Crippen LogP contribution in [0.25, 0.3) is 0 Å². The van der Waals surface area contributed by atoms with E-state index in [1.807, 2.05) is 6.92 Å². The smallest absolute Gasteiger partial charge is 0.326 e. The fraction of sp³-hybridized carbons (Fsp3) is 0.533. The number of aliphatic carboxylic acids is 1. The van der Waals surface area contributed by atoms with Crippen LogP contribution in [0.15, 0.2) is 6.07 Å². The van der Waals surface area contributed by atoms with Gasteiger partial charge in [-0.25, -0.2) is 9.78 Å². The second-order valence-corrected chi connectivity index (χ2v) is 5.93. The van der Waals surface area contributed by atoms with E-state index in [1.165, 1.54) is 0 Å². The molecule has 0 radical (unpaired) electrons. The van der Waals surface area contributed by atoms with E-state index in [4.69, 9.17) is 5.73 Å². The van der Waals surface area contributed by atoms with Gasteiger partial charge in [0.2, 0.25) is 0 Å². The van der Waals surface area contributed by atoms with Crippen LogP contribution in [-0.4, -0.2) is 34.6 Å². The standard InChI is InChI=1S/C15H19N3O3/c1-8-5-6-18(12(8)15(20)21)14-10(13(16)19)7-9-3-2-4-11(9)17-14/h7-8,12H,2-6H2,1H3,(H2,16,19)(H,20,21). The molecule has 2 aliphatic rings. The maximum Gasteiger partial charge on any atom is 0.326 e. The second kappa shape index (κ2) is 5.02. The highest BCUT2D eigenvalue weighted by Crippen LogP contribution is 2.33. The van der Waals surface area contributed by atoms with Gasteiger partial charge in [0.15, 0.2) is 0 Å². The van der Waals surface area contributed by atoms with E-state index in [1.54, 1.807) is 11.0 Å². The molecule has 1 amide bonds. The van der Waals surface area contributed by atoms with Crippen LogP contribution in [0.5, 0.6) is 0 Å². The Morgan fingerprint density at radius 1 is 1.43 bits per heavy atom. The third-order valence-corrected chi connectivity index (χ3v) is 4.52. The number of aromatic nitrogens is 1. The fourth-order valence-electron chi connectivity index (χ4n) is 3.42. The normalized spacial score (nSPS) is 24.1. The molecule has 0 saturated carbocycles. The molecule has 2 heterocycles. The maximum absolute atomic E-state index is 11.7. The number of anilines is 1. The molecule has 21 heavy (non-hydrogen) atoms. The minimum Gasteiger partial charge on any atom is -0.480 e. The van der Waals surface area contributed by atoms with E-state index in [-0.39, 0.29) is 5.92 Å². The molecule has 1 aliphatic carbocycles. The highest BCUT2D eigenvalue weighted by Gasteiger charge is 2.39. The van der Waals surface area contributed by atoms with Gasteiger partial charge >= 0.3 is 5.97 Å². The number of hydrogen-bond donors (Lipinski definition) is 2. The van der Waals surface area contributed by atoms with Gasteiger partial charge in [-0.2, -0.15) is 0 Å². The lowest BCUT2D eigenvalue weighted by Crippen LogP contribution is -2.40. The molecule has 1 saturated heterocycles. The first kappa shape index (κ1) is 13.9. The second-order valence-electron chi connectivity index (χ2n) is 5.93. The van der Waals surface area contributed by atoms with Crippen LogP contribution in [-0.2, 0) is 17.6 Å². The van der Waals surface area contributed by atoms with E-state index in [2.05, 4.69) is 4.98 Å². The summed E-state index contributed by atoms with van der Waals surface area (Å²) in [5.74, 6) is -0.952. The largest absolute Gasteiger partial charge is 0.480 e. The molecule has 112 valence electrons. The first-order chi connectivity index (χ1) is 9.99. The van der Waals surface area contributed by atoms with Gasteiger partial charge in [0, 0.05) is 12.2 Å². The Balaban J connectivity index is 2.09. The molecule has 1 aliphatic heterocycles. The Hall–Kier alpha value is -2.11. The molecule has 6 nitrogen and oxygen atoms in total. The van der Waals surface area contributed by atoms with Gasteiger partial charge in [-0.15, -0.1) is 0 Å². The molecule has 0 aromatic carbocycles. The molecule has 1 fully saturated rings. The van der Waals surface area contributed by atoms with Gasteiger partial charge in [-0.05, 0) is 43.2 Å². The minimum atomic E-state index is -0.877. The summed E-state index contributed by atoms with van der Waals surface area (Å²) in [6.07, 6.45) is 3.57. The van der Waals surface area contributed by atoms with E-state index in [0.29, 0.717) is 17.9 Å². The highest BCUT2D eigenvalue weighted by atomic mass is 16.4. The molecule has 3 rings (SSSR count). The van der Waals surface area contributed by atoms with Crippen molar-refractivity contribution in [3.8, 4) is 0 Å². The molecule has 1 aromatic heterocycles. The van der Waals surface area contributed by atoms with E-state index in [9.17, 15) is 14.7 Å². The summed E-state index contributed by atoms with van der Waals surface area (Å²) in [4.78, 5) is 29.6. The number of carbonyl (C=O) groups excluding carboxylic acids is 1. The predicted octanol–water partition coefficient (Wildman–Crippen LogP) is 0.969. The number of rotatable bonds is 3. The van der Waals surface area contributed by atoms with Gasteiger partial charge in [-0.3, -0.25) is 4.79 Å². The molecule has 6 heteroatoms. The van der Waals surface area contributed by atoms with Crippen molar-refractivity contribution in [1.82, 2.24) is 4.98 Å². The zero-order valence-electron chi connectivity index (χ0n) is 12.0. The number of nitrogens with two attached hydrogens (primary N) is 1. The van der Waals surface area contributed by atoms with Crippen LogP contribution >= 0.6 is 0 Å². The summed E-state index contributed by atoms with van der Waals surface area (Å²) in [5.41, 5.74) is 7.86. The molecule has 0 spiro atoms. The minimum absolute atomic E-state index is 0.0262. The molecular weight excluding hydrogens is 270 g/mol. The molecule has 2 unspecified atom stereocenters. The molecule has 0 bridgehead atoms. The number of carbonyl (C=O) groups is 2. The Kier molecular flexibility index (Phi) is 3.31. The average molecular weight is 289 g/mol. The summed E-state index contributed by atoms with van der Waals surface area (Å²) in [5, 5.41) is 9.45. The van der Waals surface area contributed by atoms with E-state index >= 15 is 0 Å². The van der Waals surface area contributed by atoms with E-state index in [0.717, 1.165) is 36.9 Å². The van der Waals surface area contributed by atoms with Crippen molar-refractivity contribution in [3.63, 3.8) is 0 Å². The molecule has 1 aromatic rings. The van der Waals surface area contributed by atoms with Crippen molar-refractivity contribution in [2.24, 2.45) is 11.7 Å². The van der Waals surface area contributed by atoms with Crippen molar-refractivity contribution in [2.75, 3.05) is 11.4 Å².